The maximum absolute atomic E-state index is 13.7. The van der Waals surface area contributed by atoms with E-state index >= 15 is 0 Å². The summed E-state index contributed by atoms with van der Waals surface area (Å²) in [6, 6.07) is 6.85. The van der Waals surface area contributed by atoms with Gasteiger partial charge in [0.2, 0.25) is 0 Å². The van der Waals surface area contributed by atoms with E-state index in [4.69, 9.17) is 33.2 Å². The Morgan fingerprint density at radius 1 is 1.07 bits per heavy atom. The average molecular weight is 600 g/mol. The van der Waals surface area contributed by atoms with Crippen LogP contribution in [0.2, 0.25) is 0 Å². The molecule has 1 aromatic carbocycles. The van der Waals surface area contributed by atoms with Crippen molar-refractivity contribution in [2.75, 3.05) is 55.2 Å². The summed E-state index contributed by atoms with van der Waals surface area (Å²) in [5, 5.41) is 12.6. The van der Waals surface area contributed by atoms with Gasteiger partial charge in [-0.25, -0.2) is 4.79 Å². The topological polar surface area (TPSA) is 105 Å². The van der Waals surface area contributed by atoms with E-state index in [1.54, 1.807) is 59.8 Å². The van der Waals surface area contributed by atoms with Gasteiger partial charge in [-0.3, -0.25) is 4.90 Å². The number of esters is 1. The van der Waals surface area contributed by atoms with Crippen molar-refractivity contribution in [2.45, 2.75) is 68.5 Å². The van der Waals surface area contributed by atoms with E-state index in [1.807, 2.05) is 0 Å². The molecule has 12 unspecified atom stereocenters. The molecule has 10 nitrogen and oxygen atoms in total. The Balaban J connectivity index is 1.40. The zero-order valence-corrected chi connectivity index (χ0v) is 26.0. The number of carbonyl (C=O) groups excluding carboxylic acids is 1. The number of carbonyl (C=O) groups is 1. The Hall–Kier alpha value is -2.05. The molecule has 8 aliphatic rings. The Morgan fingerprint density at radius 2 is 1.81 bits per heavy atom. The maximum atomic E-state index is 13.7. The minimum absolute atomic E-state index is 0.0135. The molecule has 1 aromatic rings. The SMILES string of the molecule is CCN1CC2(COC)C3CC(OC)C4(C5CC6(O)C(OC)CC(=CC(OC)C24)C5C6OC(=O)c2ccc(OC)cc2)C1O3. The highest BCUT2D eigenvalue weighted by molar-refractivity contribution is 5.89. The lowest BCUT2D eigenvalue weighted by molar-refractivity contribution is -0.414. The zero-order chi connectivity index (χ0) is 30.3. The second-order valence-corrected chi connectivity index (χ2v) is 13.4. The Kier molecular flexibility index (Phi) is 7.24. The number of piperidine rings is 1. The second-order valence-electron chi connectivity index (χ2n) is 13.4. The van der Waals surface area contributed by atoms with Gasteiger partial charge < -0.3 is 38.3 Å². The quantitative estimate of drug-likeness (QED) is 0.337. The highest BCUT2D eigenvalue weighted by Crippen LogP contribution is 2.74. The molecule has 0 radical (unpaired) electrons. The third-order valence-electron chi connectivity index (χ3n) is 12.1. The molecule has 236 valence electrons. The summed E-state index contributed by atoms with van der Waals surface area (Å²) in [5.41, 5.74) is -0.771. The van der Waals surface area contributed by atoms with Crippen LogP contribution in [0, 0.1) is 28.6 Å². The van der Waals surface area contributed by atoms with Crippen molar-refractivity contribution >= 4 is 5.97 Å². The minimum atomic E-state index is -1.39. The molecule has 7 fully saturated rings. The summed E-state index contributed by atoms with van der Waals surface area (Å²) < 4.78 is 43.5. The first-order chi connectivity index (χ1) is 20.8. The highest BCUT2D eigenvalue weighted by Gasteiger charge is 2.82. The number of hydrogen-bond donors (Lipinski definition) is 1. The first kappa shape index (κ1) is 29.6. The van der Waals surface area contributed by atoms with Crippen LogP contribution in [0.25, 0.3) is 0 Å². The number of nitrogens with zero attached hydrogens (tertiary/aromatic N) is 1. The van der Waals surface area contributed by atoms with Crippen LogP contribution in [0.5, 0.6) is 5.75 Å². The number of ether oxygens (including phenoxy) is 7. The molecule has 43 heavy (non-hydrogen) atoms. The molecule has 4 aliphatic carbocycles. The summed E-state index contributed by atoms with van der Waals surface area (Å²) in [6.45, 7) is 4.35. The monoisotopic (exact) mass is 599 g/mol. The molecule has 0 amide bonds. The van der Waals surface area contributed by atoms with Crippen molar-refractivity contribution in [1.29, 1.82) is 0 Å². The van der Waals surface area contributed by atoms with Crippen molar-refractivity contribution < 1.29 is 43.1 Å². The molecule has 4 aliphatic heterocycles. The molecule has 1 N–H and O–H groups in total. The molecule has 10 heteroatoms. The van der Waals surface area contributed by atoms with Crippen molar-refractivity contribution in [3.8, 4) is 5.75 Å². The molecule has 1 spiro atoms. The van der Waals surface area contributed by atoms with Crippen molar-refractivity contribution in [2.24, 2.45) is 28.6 Å². The summed E-state index contributed by atoms with van der Waals surface area (Å²) in [7, 11) is 8.54. The normalized spacial score (nSPS) is 45.8. The molecule has 3 saturated carbocycles. The van der Waals surface area contributed by atoms with E-state index in [2.05, 4.69) is 17.9 Å². The van der Waals surface area contributed by atoms with Crippen molar-refractivity contribution in [3.05, 3.63) is 41.5 Å². The molecule has 4 saturated heterocycles. The summed E-state index contributed by atoms with van der Waals surface area (Å²) in [6.07, 6.45) is 1.91. The molecule has 12 atom stereocenters. The fourth-order valence-corrected chi connectivity index (χ4v) is 10.7. The first-order valence-electron chi connectivity index (χ1n) is 15.5. The fourth-order valence-electron chi connectivity index (χ4n) is 10.7. The molecular weight excluding hydrogens is 554 g/mol. The smallest absolute Gasteiger partial charge is 0.338 e. The Bertz CT molecular complexity index is 1270. The predicted molar refractivity (Wildman–Crippen MR) is 155 cm³/mol. The minimum Gasteiger partial charge on any atom is -0.497 e. The van der Waals surface area contributed by atoms with Gasteiger partial charge in [0, 0.05) is 64.1 Å². The van der Waals surface area contributed by atoms with Crippen LogP contribution in [0.3, 0.4) is 0 Å². The van der Waals surface area contributed by atoms with Gasteiger partial charge in [0.25, 0.3) is 0 Å². The van der Waals surface area contributed by atoms with Crippen LogP contribution in [-0.2, 0) is 28.4 Å². The summed E-state index contributed by atoms with van der Waals surface area (Å²) >= 11 is 0. The van der Waals surface area contributed by atoms with Crippen LogP contribution < -0.4 is 4.74 Å². The van der Waals surface area contributed by atoms with Crippen LogP contribution in [0.15, 0.2) is 35.9 Å². The first-order valence-corrected chi connectivity index (χ1v) is 15.5. The van der Waals surface area contributed by atoms with Gasteiger partial charge in [0.15, 0.2) is 0 Å². The number of rotatable bonds is 9. The molecule has 0 aromatic heterocycles. The van der Waals surface area contributed by atoms with Crippen LogP contribution in [0.1, 0.15) is 36.5 Å². The van der Waals surface area contributed by atoms with Gasteiger partial charge >= 0.3 is 5.97 Å². The third-order valence-corrected chi connectivity index (χ3v) is 12.1. The van der Waals surface area contributed by atoms with E-state index in [1.165, 1.54) is 0 Å². The Morgan fingerprint density at radius 3 is 2.44 bits per heavy atom. The van der Waals surface area contributed by atoms with Gasteiger partial charge in [-0.05, 0) is 49.6 Å². The molecule has 6 bridgehead atoms. The van der Waals surface area contributed by atoms with E-state index in [0.29, 0.717) is 30.8 Å². The van der Waals surface area contributed by atoms with Crippen LogP contribution in [0.4, 0.5) is 0 Å². The van der Waals surface area contributed by atoms with Crippen LogP contribution in [-0.4, -0.2) is 114 Å². The lowest BCUT2D eigenvalue weighted by Gasteiger charge is -2.75. The van der Waals surface area contributed by atoms with E-state index < -0.39 is 29.2 Å². The van der Waals surface area contributed by atoms with E-state index in [9.17, 15) is 9.90 Å². The van der Waals surface area contributed by atoms with E-state index in [0.717, 1.165) is 25.1 Å². The van der Waals surface area contributed by atoms with Gasteiger partial charge in [-0.2, -0.15) is 0 Å². The van der Waals surface area contributed by atoms with Crippen LogP contribution >= 0.6 is 0 Å². The number of methoxy groups -OCH3 is 5. The van der Waals surface area contributed by atoms with Gasteiger partial charge in [-0.15, -0.1) is 0 Å². The number of hydrogen-bond acceptors (Lipinski definition) is 10. The standard InChI is InChI=1S/C33H45NO9/c1-7-34-16-31(17-37-2)23-14-25(41-6)33(30(34)42-23)21-15-32(36)24(40-5)13-19(12-22(39-4)27(31)33)26(21)28(32)43-29(35)18-8-10-20(38-3)11-9-18/h8-12,21-28,30,36H,7,13-17H2,1-6H3. The number of benzene rings is 1. The Labute approximate surface area is 253 Å². The van der Waals surface area contributed by atoms with Gasteiger partial charge in [0.1, 0.15) is 23.7 Å². The van der Waals surface area contributed by atoms with E-state index in [-0.39, 0.29) is 47.7 Å². The largest absolute Gasteiger partial charge is 0.497 e. The summed E-state index contributed by atoms with van der Waals surface area (Å²) in [4.78, 5) is 16.1. The predicted octanol–water partition coefficient (Wildman–Crippen LogP) is 2.68. The summed E-state index contributed by atoms with van der Waals surface area (Å²) in [5.74, 6) is -0.192. The lowest BCUT2D eigenvalue weighted by atomic mass is 9.42. The van der Waals surface area contributed by atoms with Gasteiger partial charge in [0.05, 0.1) is 43.7 Å². The fraction of sp³-hybridized carbons (Fsp3) is 0.727. The lowest BCUT2D eigenvalue weighted by Crippen LogP contribution is -2.84. The average Bonchev–Trinajstić information content (AvgIpc) is 3.17. The molecule has 9 rings (SSSR count). The molecule has 4 heterocycles. The van der Waals surface area contributed by atoms with Gasteiger partial charge in [-0.1, -0.05) is 18.6 Å². The van der Waals surface area contributed by atoms with Crippen molar-refractivity contribution in [1.82, 2.24) is 4.90 Å². The third kappa shape index (κ3) is 3.74. The number of aliphatic hydroxyl groups is 1. The number of fused-ring (bicyclic) bond motifs is 3. The maximum Gasteiger partial charge on any atom is 0.338 e. The van der Waals surface area contributed by atoms with Crippen molar-refractivity contribution in [3.63, 3.8) is 0 Å². The second kappa shape index (κ2) is 10.5. The zero-order valence-electron chi connectivity index (χ0n) is 26.0. The highest BCUT2D eigenvalue weighted by atomic mass is 16.6. The molecular formula is C33H45NO9.